The number of fused-ring (bicyclic) bond motifs is 2. The highest BCUT2D eigenvalue weighted by molar-refractivity contribution is 9.11. The van der Waals surface area contributed by atoms with Crippen LogP contribution in [0.3, 0.4) is 0 Å². The van der Waals surface area contributed by atoms with Gasteiger partial charge < -0.3 is 0 Å². The van der Waals surface area contributed by atoms with E-state index in [1.165, 1.54) is 9.80 Å². The Labute approximate surface area is 247 Å². The minimum Gasteiger partial charge on any atom is -0.268 e. The molecule has 0 aromatic heterocycles. The first-order valence-corrected chi connectivity index (χ1v) is 14.0. The van der Waals surface area contributed by atoms with E-state index in [0.29, 0.717) is 33.6 Å². The molecule has 4 aromatic rings. The number of hydrogen-bond donors (Lipinski definition) is 0. The maximum atomic E-state index is 12.4. The fourth-order valence-corrected chi connectivity index (χ4v) is 5.45. The van der Waals surface area contributed by atoms with Gasteiger partial charge in [0.15, 0.2) is 0 Å². The lowest BCUT2D eigenvalue weighted by Crippen LogP contribution is -2.27. The van der Waals surface area contributed by atoms with Crippen molar-refractivity contribution in [3.05, 3.63) is 153 Å². The standard InChI is InChI=1S/2C16H10BrNO2/c2*17-10-14(11-6-2-1-3-7-11)18-15(19)12-8-4-5-9-13(12)16(18)20/h2*1-10H/b2*14-10-. The number of nitrogens with zero attached hydrogens (tertiary/aromatic N) is 2. The van der Waals surface area contributed by atoms with Crippen LogP contribution in [0.15, 0.2) is 119 Å². The van der Waals surface area contributed by atoms with Crippen molar-refractivity contribution < 1.29 is 19.2 Å². The maximum Gasteiger partial charge on any atom is 0.266 e. The number of imide groups is 2. The SMILES string of the molecule is O=C1c2ccccc2C(=O)N1/C(=C\Br)c1ccccc1.O=C1c2ccccc2C(=O)N1/C(=C\Br)c1ccccc1. The summed E-state index contributed by atoms with van der Waals surface area (Å²) in [6.45, 7) is 0. The molecule has 0 unspecified atom stereocenters. The summed E-state index contributed by atoms with van der Waals surface area (Å²) < 4.78 is 0. The second-order valence-corrected chi connectivity index (χ2v) is 9.62. The largest absolute Gasteiger partial charge is 0.268 e. The Balaban J connectivity index is 0.000000161. The van der Waals surface area contributed by atoms with Gasteiger partial charge in [-0.3, -0.25) is 19.2 Å². The Morgan fingerprint density at radius 2 is 0.675 bits per heavy atom. The molecule has 6 nitrogen and oxygen atoms in total. The number of halogens is 2. The van der Waals surface area contributed by atoms with E-state index in [1.807, 2.05) is 60.7 Å². The lowest BCUT2D eigenvalue weighted by Gasteiger charge is -2.17. The highest BCUT2D eigenvalue weighted by Gasteiger charge is 2.38. The topological polar surface area (TPSA) is 74.8 Å². The average Bonchev–Trinajstić information content (AvgIpc) is 3.41. The van der Waals surface area contributed by atoms with Crippen LogP contribution in [-0.4, -0.2) is 33.4 Å². The molecular weight excluding hydrogens is 636 g/mol. The summed E-state index contributed by atoms with van der Waals surface area (Å²) in [5.74, 6) is -1.17. The van der Waals surface area contributed by atoms with Crippen molar-refractivity contribution in [2.24, 2.45) is 0 Å². The Kier molecular flexibility index (Phi) is 8.00. The van der Waals surface area contributed by atoms with Crippen LogP contribution >= 0.6 is 31.9 Å². The molecule has 0 radical (unpaired) electrons. The Hall–Kier alpha value is -4.40. The first-order valence-electron chi connectivity index (χ1n) is 12.1. The van der Waals surface area contributed by atoms with Gasteiger partial charge in [0, 0.05) is 9.97 Å². The summed E-state index contributed by atoms with van der Waals surface area (Å²) in [5, 5.41) is 0. The zero-order valence-corrected chi connectivity index (χ0v) is 24.0. The van der Waals surface area contributed by atoms with E-state index >= 15 is 0 Å². The van der Waals surface area contributed by atoms with Gasteiger partial charge in [-0.15, -0.1) is 0 Å². The van der Waals surface area contributed by atoms with Gasteiger partial charge in [0.25, 0.3) is 23.6 Å². The third-order valence-corrected chi connectivity index (χ3v) is 7.28. The molecule has 40 heavy (non-hydrogen) atoms. The summed E-state index contributed by atoms with van der Waals surface area (Å²) >= 11 is 6.51. The third-order valence-electron chi connectivity index (χ3n) is 6.42. The Bertz CT molecular complexity index is 1500. The molecule has 0 N–H and O–H groups in total. The molecule has 2 aliphatic rings. The number of carbonyl (C=O) groups is 4. The molecule has 2 heterocycles. The molecule has 0 saturated carbocycles. The van der Waals surface area contributed by atoms with Crippen LogP contribution in [0.2, 0.25) is 0 Å². The molecule has 196 valence electrons. The molecule has 0 aliphatic carbocycles. The third kappa shape index (κ3) is 4.87. The van der Waals surface area contributed by atoms with Crippen molar-refractivity contribution in [2.45, 2.75) is 0 Å². The van der Waals surface area contributed by atoms with Crippen LogP contribution in [0.25, 0.3) is 11.4 Å². The number of hydrogen-bond acceptors (Lipinski definition) is 4. The lowest BCUT2D eigenvalue weighted by molar-refractivity contribution is 0.0719. The first kappa shape index (κ1) is 27.2. The quantitative estimate of drug-likeness (QED) is 0.216. The Morgan fingerprint density at radius 3 is 0.925 bits per heavy atom. The first-order chi connectivity index (χ1) is 19.5. The summed E-state index contributed by atoms with van der Waals surface area (Å²) in [6, 6.07) is 32.4. The Morgan fingerprint density at radius 1 is 0.425 bits per heavy atom. The van der Waals surface area contributed by atoms with Gasteiger partial charge in [-0.1, -0.05) is 117 Å². The van der Waals surface area contributed by atoms with E-state index < -0.39 is 0 Å². The van der Waals surface area contributed by atoms with Gasteiger partial charge in [-0.2, -0.15) is 0 Å². The van der Waals surface area contributed by atoms with E-state index in [0.717, 1.165) is 11.1 Å². The van der Waals surface area contributed by atoms with Crippen LogP contribution in [0.4, 0.5) is 0 Å². The van der Waals surface area contributed by atoms with Gasteiger partial charge in [0.1, 0.15) is 0 Å². The van der Waals surface area contributed by atoms with Gasteiger partial charge >= 0.3 is 0 Å². The van der Waals surface area contributed by atoms with E-state index in [1.54, 1.807) is 58.5 Å². The molecule has 0 bridgehead atoms. The summed E-state index contributed by atoms with van der Waals surface area (Å²) in [6.07, 6.45) is 0. The van der Waals surface area contributed by atoms with Crippen molar-refractivity contribution in [2.75, 3.05) is 0 Å². The van der Waals surface area contributed by atoms with E-state index in [2.05, 4.69) is 31.9 Å². The number of benzene rings is 4. The maximum absolute atomic E-state index is 12.4. The lowest BCUT2D eigenvalue weighted by atomic mass is 10.1. The zero-order valence-electron chi connectivity index (χ0n) is 20.8. The predicted molar refractivity (Wildman–Crippen MR) is 161 cm³/mol. The summed E-state index contributed by atoms with van der Waals surface area (Å²) in [4.78, 5) is 55.3. The molecule has 8 heteroatoms. The van der Waals surface area contributed by atoms with Crippen LogP contribution in [0.5, 0.6) is 0 Å². The fraction of sp³-hybridized carbons (Fsp3) is 0. The number of amides is 4. The minimum absolute atomic E-state index is 0.292. The summed E-state index contributed by atoms with van der Waals surface area (Å²) in [7, 11) is 0. The zero-order chi connectivity index (χ0) is 28.2. The molecule has 0 saturated heterocycles. The highest BCUT2D eigenvalue weighted by Crippen LogP contribution is 2.32. The molecule has 4 aromatic carbocycles. The molecule has 0 fully saturated rings. The van der Waals surface area contributed by atoms with Gasteiger partial charge in [0.05, 0.1) is 33.6 Å². The fourth-order valence-electron chi connectivity index (χ4n) is 4.52. The van der Waals surface area contributed by atoms with Gasteiger partial charge in [-0.25, -0.2) is 9.80 Å². The highest BCUT2D eigenvalue weighted by atomic mass is 79.9. The van der Waals surface area contributed by atoms with Crippen molar-refractivity contribution in [3.8, 4) is 0 Å². The average molecular weight is 656 g/mol. The smallest absolute Gasteiger partial charge is 0.266 e. The normalized spacial score (nSPS) is 14.7. The molecule has 0 spiro atoms. The van der Waals surface area contributed by atoms with Gasteiger partial charge in [-0.05, 0) is 35.4 Å². The number of rotatable bonds is 4. The predicted octanol–water partition coefficient (Wildman–Crippen LogP) is 7.35. The minimum atomic E-state index is -0.292. The van der Waals surface area contributed by atoms with E-state index in [-0.39, 0.29) is 23.6 Å². The number of carbonyl (C=O) groups excluding carboxylic acids is 4. The van der Waals surface area contributed by atoms with Crippen molar-refractivity contribution >= 4 is 66.9 Å². The molecule has 4 amide bonds. The van der Waals surface area contributed by atoms with Crippen LogP contribution in [0, 0.1) is 0 Å². The molecule has 0 atom stereocenters. The van der Waals surface area contributed by atoms with E-state index in [4.69, 9.17) is 0 Å². The van der Waals surface area contributed by atoms with Crippen LogP contribution < -0.4 is 0 Å². The van der Waals surface area contributed by atoms with E-state index in [9.17, 15) is 19.2 Å². The second kappa shape index (κ2) is 11.8. The van der Waals surface area contributed by atoms with Crippen molar-refractivity contribution in [3.63, 3.8) is 0 Å². The van der Waals surface area contributed by atoms with Gasteiger partial charge in [0.2, 0.25) is 0 Å². The van der Waals surface area contributed by atoms with Crippen LogP contribution in [-0.2, 0) is 0 Å². The van der Waals surface area contributed by atoms with Crippen molar-refractivity contribution in [1.82, 2.24) is 9.80 Å². The monoisotopic (exact) mass is 654 g/mol. The van der Waals surface area contributed by atoms with Crippen LogP contribution in [0.1, 0.15) is 52.6 Å². The summed E-state index contributed by atoms with van der Waals surface area (Å²) in [5.41, 5.74) is 4.47. The second-order valence-electron chi connectivity index (χ2n) is 8.70. The molecular formula is C32H20Br2N2O4. The molecule has 2 aliphatic heterocycles. The molecule has 6 rings (SSSR count). The van der Waals surface area contributed by atoms with Crippen molar-refractivity contribution in [1.29, 1.82) is 0 Å².